The summed E-state index contributed by atoms with van der Waals surface area (Å²) in [6.07, 6.45) is 1.44. The van der Waals surface area contributed by atoms with Crippen molar-refractivity contribution in [3.05, 3.63) is 99.7 Å². The smallest absolute Gasteiger partial charge is 0.224 e. The van der Waals surface area contributed by atoms with Crippen molar-refractivity contribution in [1.82, 2.24) is 4.57 Å². The van der Waals surface area contributed by atoms with Gasteiger partial charge in [-0.3, -0.25) is 9.59 Å². The quantitative estimate of drug-likeness (QED) is 0.652. The Morgan fingerprint density at radius 2 is 1.74 bits per heavy atom. The molecule has 0 fully saturated rings. The van der Waals surface area contributed by atoms with Crippen LogP contribution in [-0.2, 0) is 13.2 Å². The number of aliphatic hydroxyl groups is 1. The number of rotatable bonds is 7. The van der Waals surface area contributed by atoms with Gasteiger partial charge >= 0.3 is 0 Å². The van der Waals surface area contributed by atoms with Crippen molar-refractivity contribution >= 4 is 5.78 Å². The molecular weight excluding hydrogens is 349 g/mol. The summed E-state index contributed by atoms with van der Waals surface area (Å²) in [5, 5.41) is 9.30. The molecule has 0 spiro atoms. The summed E-state index contributed by atoms with van der Waals surface area (Å²) < 4.78 is 20.3. The first-order valence-corrected chi connectivity index (χ1v) is 8.41. The minimum atomic E-state index is -0.482. The first-order valence-electron chi connectivity index (χ1n) is 8.41. The van der Waals surface area contributed by atoms with Crippen LogP contribution in [-0.4, -0.2) is 22.1 Å². The molecule has 0 aliphatic rings. The van der Waals surface area contributed by atoms with Crippen LogP contribution in [0.3, 0.4) is 0 Å². The molecule has 138 valence electrons. The van der Waals surface area contributed by atoms with E-state index < -0.39 is 17.0 Å². The van der Waals surface area contributed by atoms with Crippen LogP contribution in [0.5, 0.6) is 5.75 Å². The lowest BCUT2D eigenvalue weighted by Gasteiger charge is -2.16. The van der Waals surface area contributed by atoms with Crippen molar-refractivity contribution in [3.8, 4) is 5.75 Å². The van der Waals surface area contributed by atoms with Crippen molar-refractivity contribution in [1.29, 1.82) is 0 Å². The second-order valence-corrected chi connectivity index (χ2v) is 5.89. The van der Waals surface area contributed by atoms with Gasteiger partial charge in [-0.2, -0.15) is 0 Å². The standard InChI is InChI=1S/C21H18FNO4/c22-17-8-6-16(7-9-17)20(26)19-21(18(25)10-11-23(19)12-13-24)27-14-15-4-2-1-3-5-15/h1-11,24H,12-14H2. The highest BCUT2D eigenvalue weighted by Gasteiger charge is 2.21. The first kappa shape index (κ1) is 18.5. The third kappa shape index (κ3) is 4.30. The summed E-state index contributed by atoms with van der Waals surface area (Å²) in [5.41, 5.74) is 0.651. The monoisotopic (exact) mass is 367 g/mol. The van der Waals surface area contributed by atoms with Gasteiger partial charge in [-0.15, -0.1) is 0 Å². The molecule has 0 aliphatic carbocycles. The highest BCUT2D eigenvalue weighted by molar-refractivity contribution is 6.09. The van der Waals surface area contributed by atoms with Crippen LogP contribution in [0.25, 0.3) is 0 Å². The maximum absolute atomic E-state index is 13.2. The van der Waals surface area contributed by atoms with E-state index in [1.807, 2.05) is 30.3 Å². The molecule has 27 heavy (non-hydrogen) atoms. The second kappa shape index (κ2) is 8.42. The Balaban J connectivity index is 2.03. The van der Waals surface area contributed by atoms with Crippen LogP contribution in [0, 0.1) is 5.82 Å². The molecule has 0 saturated heterocycles. The van der Waals surface area contributed by atoms with Gasteiger partial charge < -0.3 is 14.4 Å². The predicted octanol–water partition coefficient (Wildman–Crippen LogP) is 2.79. The highest BCUT2D eigenvalue weighted by atomic mass is 19.1. The number of pyridine rings is 1. The molecule has 1 heterocycles. The molecule has 6 heteroatoms. The molecule has 0 unspecified atom stereocenters. The zero-order valence-electron chi connectivity index (χ0n) is 14.5. The Labute approximate surface area is 155 Å². The van der Waals surface area contributed by atoms with Gasteiger partial charge in [0.25, 0.3) is 0 Å². The lowest BCUT2D eigenvalue weighted by Crippen LogP contribution is -2.22. The van der Waals surface area contributed by atoms with E-state index >= 15 is 0 Å². The van der Waals surface area contributed by atoms with Gasteiger partial charge in [0.05, 0.1) is 6.61 Å². The van der Waals surface area contributed by atoms with Gasteiger partial charge in [0.15, 0.2) is 5.75 Å². The Hall–Kier alpha value is -3.25. The highest BCUT2D eigenvalue weighted by Crippen LogP contribution is 2.20. The molecule has 0 aliphatic heterocycles. The van der Waals surface area contributed by atoms with E-state index in [0.29, 0.717) is 0 Å². The lowest BCUT2D eigenvalue weighted by atomic mass is 10.1. The topological polar surface area (TPSA) is 68.5 Å². The van der Waals surface area contributed by atoms with Crippen LogP contribution < -0.4 is 10.2 Å². The van der Waals surface area contributed by atoms with Crippen molar-refractivity contribution in [2.45, 2.75) is 13.2 Å². The van der Waals surface area contributed by atoms with E-state index in [4.69, 9.17) is 4.74 Å². The first-order chi connectivity index (χ1) is 13.1. The van der Waals surface area contributed by atoms with E-state index in [0.717, 1.165) is 5.56 Å². The number of carbonyl (C=O) groups excluding carboxylic acids is 1. The van der Waals surface area contributed by atoms with Gasteiger partial charge in [-0.1, -0.05) is 30.3 Å². The normalized spacial score (nSPS) is 10.6. The molecule has 0 saturated carbocycles. The van der Waals surface area contributed by atoms with Gasteiger partial charge in [-0.25, -0.2) is 4.39 Å². The van der Waals surface area contributed by atoms with Crippen molar-refractivity contribution < 1.29 is 19.0 Å². The lowest BCUT2D eigenvalue weighted by molar-refractivity contribution is 0.102. The molecule has 2 aromatic carbocycles. The van der Waals surface area contributed by atoms with Crippen LogP contribution in [0.1, 0.15) is 21.6 Å². The third-order valence-corrected chi connectivity index (χ3v) is 4.02. The van der Waals surface area contributed by atoms with Crippen LogP contribution >= 0.6 is 0 Å². The van der Waals surface area contributed by atoms with Gasteiger partial charge in [0.1, 0.15) is 18.1 Å². The number of hydrogen-bond donors (Lipinski definition) is 1. The fourth-order valence-corrected chi connectivity index (χ4v) is 2.69. The van der Waals surface area contributed by atoms with Gasteiger partial charge in [0, 0.05) is 24.4 Å². The summed E-state index contributed by atoms with van der Waals surface area (Å²) in [6.45, 7) is 0.0118. The minimum Gasteiger partial charge on any atom is -0.483 e. The summed E-state index contributed by atoms with van der Waals surface area (Å²) in [6, 6.07) is 15.6. The molecule has 0 atom stereocenters. The predicted molar refractivity (Wildman–Crippen MR) is 98.4 cm³/mol. The summed E-state index contributed by atoms with van der Waals surface area (Å²) in [5.74, 6) is -1.04. The fourth-order valence-electron chi connectivity index (χ4n) is 2.69. The van der Waals surface area contributed by atoms with Crippen LogP contribution in [0.4, 0.5) is 4.39 Å². The second-order valence-electron chi connectivity index (χ2n) is 5.89. The Bertz CT molecular complexity index is 981. The Morgan fingerprint density at radius 3 is 2.41 bits per heavy atom. The third-order valence-electron chi connectivity index (χ3n) is 4.02. The van der Waals surface area contributed by atoms with Crippen molar-refractivity contribution in [2.24, 2.45) is 0 Å². The van der Waals surface area contributed by atoms with Gasteiger partial charge in [-0.05, 0) is 29.8 Å². The molecule has 3 rings (SSSR count). The molecule has 5 nitrogen and oxygen atoms in total. The molecule has 1 N–H and O–H groups in total. The van der Waals surface area contributed by atoms with Crippen LogP contribution in [0.15, 0.2) is 71.7 Å². The molecule has 0 bridgehead atoms. The average Bonchev–Trinajstić information content (AvgIpc) is 2.69. The molecule has 1 aromatic heterocycles. The summed E-state index contributed by atoms with van der Waals surface area (Å²) in [4.78, 5) is 25.4. The SMILES string of the molecule is O=C(c1ccc(F)cc1)c1c(OCc2ccccc2)c(=O)ccn1CCO. The Kier molecular flexibility index (Phi) is 5.78. The van der Waals surface area contributed by atoms with E-state index in [-0.39, 0.29) is 36.8 Å². The average molecular weight is 367 g/mol. The Morgan fingerprint density at radius 1 is 1.04 bits per heavy atom. The van der Waals surface area contributed by atoms with E-state index in [2.05, 4.69) is 0 Å². The van der Waals surface area contributed by atoms with E-state index in [1.165, 1.54) is 41.1 Å². The minimum absolute atomic E-state index is 0.0269. The number of aliphatic hydroxyl groups excluding tert-OH is 1. The van der Waals surface area contributed by atoms with Crippen LogP contribution in [0.2, 0.25) is 0 Å². The number of hydrogen-bond acceptors (Lipinski definition) is 4. The number of nitrogens with zero attached hydrogens (tertiary/aromatic N) is 1. The maximum Gasteiger partial charge on any atom is 0.224 e. The van der Waals surface area contributed by atoms with Crippen molar-refractivity contribution in [3.63, 3.8) is 0 Å². The van der Waals surface area contributed by atoms with Gasteiger partial charge in [0.2, 0.25) is 11.2 Å². The number of aromatic nitrogens is 1. The number of ketones is 1. The largest absolute Gasteiger partial charge is 0.483 e. The molecule has 0 amide bonds. The van der Waals surface area contributed by atoms with E-state index in [9.17, 15) is 19.1 Å². The maximum atomic E-state index is 13.2. The number of benzene rings is 2. The summed E-state index contributed by atoms with van der Waals surface area (Å²) in [7, 11) is 0. The summed E-state index contributed by atoms with van der Waals surface area (Å²) >= 11 is 0. The number of carbonyl (C=O) groups is 1. The molecule has 0 radical (unpaired) electrons. The zero-order valence-corrected chi connectivity index (χ0v) is 14.5. The van der Waals surface area contributed by atoms with E-state index in [1.54, 1.807) is 0 Å². The fraction of sp³-hybridized carbons (Fsp3) is 0.143. The zero-order chi connectivity index (χ0) is 19.2. The number of halogens is 1. The number of ether oxygens (including phenoxy) is 1. The molecular formula is C21H18FNO4. The van der Waals surface area contributed by atoms with Crippen molar-refractivity contribution in [2.75, 3.05) is 6.61 Å². The molecule has 3 aromatic rings.